The maximum Gasteiger partial charge on any atom is 0.218 e. The van der Waals surface area contributed by atoms with Gasteiger partial charge in [0, 0.05) is 31.2 Å². The lowest BCUT2D eigenvalue weighted by molar-refractivity contribution is 0.214. The molecule has 1 heterocycles. The highest BCUT2D eigenvalue weighted by Gasteiger charge is 2.15. The Morgan fingerprint density at radius 2 is 1.82 bits per heavy atom. The number of benzene rings is 1. The van der Waals surface area contributed by atoms with Crippen molar-refractivity contribution >= 4 is 35.9 Å². The summed E-state index contributed by atoms with van der Waals surface area (Å²) in [4.78, 5) is 12.6. The average Bonchev–Trinajstić information content (AvgIpc) is 2.47. The first-order chi connectivity index (χ1) is 10.1. The SMILES string of the molecule is CN1CCN(C(N)=NC(N)=NCc2ccccc2Cl)CC1.Cl. The van der Waals surface area contributed by atoms with Crippen LogP contribution in [0, 0.1) is 0 Å². The molecule has 8 heteroatoms. The summed E-state index contributed by atoms with van der Waals surface area (Å²) in [5.74, 6) is 0.592. The Labute approximate surface area is 142 Å². The summed E-state index contributed by atoms with van der Waals surface area (Å²) in [6, 6.07) is 7.52. The third-order valence-corrected chi connectivity index (χ3v) is 3.79. The molecule has 1 fully saturated rings. The topological polar surface area (TPSA) is 83.2 Å². The summed E-state index contributed by atoms with van der Waals surface area (Å²) >= 11 is 6.07. The minimum absolute atomic E-state index is 0. The van der Waals surface area contributed by atoms with Crippen molar-refractivity contribution < 1.29 is 0 Å². The van der Waals surface area contributed by atoms with E-state index in [1.54, 1.807) is 0 Å². The molecule has 0 unspecified atom stereocenters. The normalized spacial score (nSPS) is 17.3. The van der Waals surface area contributed by atoms with Crippen molar-refractivity contribution in [1.82, 2.24) is 9.80 Å². The number of guanidine groups is 2. The van der Waals surface area contributed by atoms with Crippen molar-refractivity contribution in [2.75, 3.05) is 33.2 Å². The summed E-state index contributed by atoms with van der Waals surface area (Å²) in [7, 11) is 2.09. The Morgan fingerprint density at radius 3 is 2.45 bits per heavy atom. The highest BCUT2D eigenvalue weighted by atomic mass is 35.5. The number of hydrogen-bond acceptors (Lipinski definition) is 2. The van der Waals surface area contributed by atoms with Crippen LogP contribution >= 0.6 is 24.0 Å². The van der Waals surface area contributed by atoms with Crippen LogP contribution < -0.4 is 11.5 Å². The molecule has 2 rings (SSSR count). The quantitative estimate of drug-likeness (QED) is 0.622. The van der Waals surface area contributed by atoms with Crippen molar-refractivity contribution in [3.8, 4) is 0 Å². The van der Waals surface area contributed by atoms with Crippen LogP contribution in [0.5, 0.6) is 0 Å². The van der Waals surface area contributed by atoms with Gasteiger partial charge >= 0.3 is 0 Å². The molecule has 0 aromatic heterocycles. The van der Waals surface area contributed by atoms with E-state index in [-0.39, 0.29) is 18.4 Å². The molecule has 0 atom stereocenters. The van der Waals surface area contributed by atoms with E-state index in [2.05, 4.69) is 21.9 Å². The molecule has 22 heavy (non-hydrogen) atoms. The molecule has 0 amide bonds. The van der Waals surface area contributed by atoms with Gasteiger partial charge in [-0.3, -0.25) is 0 Å². The monoisotopic (exact) mass is 344 g/mol. The zero-order chi connectivity index (χ0) is 15.2. The third kappa shape index (κ3) is 5.36. The van der Waals surface area contributed by atoms with Gasteiger partial charge in [-0.15, -0.1) is 12.4 Å². The van der Waals surface area contributed by atoms with E-state index >= 15 is 0 Å². The Bertz CT molecular complexity index is 538. The number of rotatable bonds is 2. The number of nitrogens with two attached hydrogens (primary N) is 2. The van der Waals surface area contributed by atoms with E-state index in [4.69, 9.17) is 23.1 Å². The largest absolute Gasteiger partial charge is 0.369 e. The third-order valence-electron chi connectivity index (χ3n) is 3.43. The molecular weight excluding hydrogens is 323 g/mol. The summed E-state index contributed by atoms with van der Waals surface area (Å²) < 4.78 is 0. The van der Waals surface area contributed by atoms with Crippen LogP contribution in [0.25, 0.3) is 0 Å². The predicted molar refractivity (Wildman–Crippen MR) is 94.7 cm³/mol. The van der Waals surface area contributed by atoms with Gasteiger partial charge in [0.2, 0.25) is 5.96 Å². The average molecular weight is 345 g/mol. The molecule has 1 aliphatic rings. The van der Waals surface area contributed by atoms with Gasteiger partial charge in [-0.25, -0.2) is 4.99 Å². The Kier molecular flexibility index (Phi) is 7.44. The van der Waals surface area contributed by atoms with Gasteiger partial charge in [-0.2, -0.15) is 4.99 Å². The van der Waals surface area contributed by atoms with Gasteiger partial charge in [-0.05, 0) is 18.7 Å². The fraction of sp³-hybridized carbons (Fsp3) is 0.429. The molecule has 0 spiro atoms. The molecule has 0 bridgehead atoms. The molecule has 1 aromatic rings. The minimum atomic E-state index is 0. The maximum atomic E-state index is 6.07. The molecule has 122 valence electrons. The fourth-order valence-corrected chi connectivity index (χ4v) is 2.25. The Balaban J connectivity index is 0.00000242. The van der Waals surface area contributed by atoms with Crippen LogP contribution in [-0.4, -0.2) is 54.9 Å². The summed E-state index contributed by atoms with van der Waals surface area (Å²) in [5, 5.41) is 0.671. The number of likely N-dealkylation sites (N-methyl/N-ethyl adjacent to an activating group) is 1. The lowest BCUT2D eigenvalue weighted by Crippen LogP contribution is -2.50. The van der Waals surface area contributed by atoms with Crippen LogP contribution in [0.1, 0.15) is 5.56 Å². The van der Waals surface area contributed by atoms with E-state index in [9.17, 15) is 0 Å². The highest BCUT2D eigenvalue weighted by molar-refractivity contribution is 6.31. The number of nitrogens with zero attached hydrogens (tertiary/aromatic N) is 4. The predicted octanol–water partition coefficient (Wildman–Crippen LogP) is 1.14. The first-order valence-electron chi connectivity index (χ1n) is 6.87. The van der Waals surface area contributed by atoms with Crippen LogP contribution in [0.3, 0.4) is 0 Å². The fourth-order valence-electron chi connectivity index (χ4n) is 2.05. The molecule has 1 aliphatic heterocycles. The Morgan fingerprint density at radius 1 is 1.18 bits per heavy atom. The smallest absolute Gasteiger partial charge is 0.218 e. The van der Waals surface area contributed by atoms with Crippen LogP contribution in [0.2, 0.25) is 5.02 Å². The molecule has 0 aliphatic carbocycles. The first-order valence-corrected chi connectivity index (χ1v) is 7.25. The van der Waals surface area contributed by atoms with Gasteiger partial charge in [0.25, 0.3) is 0 Å². The van der Waals surface area contributed by atoms with Crippen molar-refractivity contribution in [3.05, 3.63) is 34.9 Å². The van der Waals surface area contributed by atoms with Crippen LogP contribution in [0.4, 0.5) is 0 Å². The second kappa shape index (κ2) is 8.82. The van der Waals surface area contributed by atoms with E-state index in [1.165, 1.54) is 0 Å². The van der Waals surface area contributed by atoms with Crippen molar-refractivity contribution in [2.24, 2.45) is 21.5 Å². The number of hydrogen-bond donors (Lipinski definition) is 2. The molecule has 1 aromatic carbocycles. The van der Waals surface area contributed by atoms with Gasteiger partial charge < -0.3 is 21.3 Å². The number of piperazine rings is 1. The van der Waals surface area contributed by atoms with Gasteiger partial charge in [-0.1, -0.05) is 29.8 Å². The minimum Gasteiger partial charge on any atom is -0.369 e. The van der Waals surface area contributed by atoms with E-state index < -0.39 is 0 Å². The van der Waals surface area contributed by atoms with Gasteiger partial charge in [0.15, 0.2) is 5.96 Å². The van der Waals surface area contributed by atoms with Crippen LogP contribution in [0.15, 0.2) is 34.3 Å². The van der Waals surface area contributed by atoms with Crippen LogP contribution in [-0.2, 0) is 6.54 Å². The van der Waals surface area contributed by atoms with E-state index in [1.807, 2.05) is 29.2 Å². The Hall–Kier alpha value is -1.50. The zero-order valence-electron chi connectivity index (χ0n) is 12.6. The second-order valence-electron chi connectivity index (χ2n) is 5.03. The first kappa shape index (κ1) is 18.5. The van der Waals surface area contributed by atoms with Crippen molar-refractivity contribution in [3.63, 3.8) is 0 Å². The summed E-state index contributed by atoms with van der Waals surface area (Å²) in [5.41, 5.74) is 12.7. The molecule has 6 nitrogen and oxygen atoms in total. The standard InChI is InChI=1S/C14H21ClN6.ClH/c1-20-6-8-21(9-7-20)14(17)19-13(16)18-10-11-4-2-3-5-12(11)15;/h2-5H,6-10H2,1H3,(H4,16,17,18,19);1H. The molecule has 4 N–H and O–H groups in total. The second-order valence-corrected chi connectivity index (χ2v) is 5.43. The maximum absolute atomic E-state index is 6.07. The number of halogens is 2. The van der Waals surface area contributed by atoms with Gasteiger partial charge in [0.1, 0.15) is 0 Å². The highest BCUT2D eigenvalue weighted by Crippen LogP contribution is 2.15. The van der Waals surface area contributed by atoms with E-state index in [0.29, 0.717) is 17.5 Å². The lowest BCUT2D eigenvalue weighted by atomic mass is 10.2. The molecule has 1 saturated heterocycles. The molecule has 0 radical (unpaired) electrons. The zero-order valence-corrected chi connectivity index (χ0v) is 14.1. The van der Waals surface area contributed by atoms with E-state index in [0.717, 1.165) is 31.7 Å². The van der Waals surface area contributed by atoms with Gasteiger partial charge in [0.05, 0.1) is 6.54 Å². The van der Waals surface area contributed by atoms with Crippen molar-refractivity contribution in [2.45, 2.75) is 6.54 Å². The lowest BCUT2D eigenvalue weighted by Gasteiger charge is -2.32. The summed E-state index contributed by atoms with van der Waals surface area (Å²) in [6.07, 6.45) is 0. The molecule has 0 saturated carbocycles. The van der Waals surface area contributed by atoms with Crippen molar-refractivity contribution in [1.29, 1.82) is 0 Å². The molecular formula is C14H22Cl2N6. The summed E-state index contributed by atoms with van der Waals surface area (Å²) in [6.45, 7) is 4.03. The number of aliphatic imine (C=N–C) groups is 2.